The van der Waals surface area contributed by atoms with E-state index < -0.39 is 17.7 Å². The zero-order valence-corrected chi connectivity index (χ0v) is 27.9. The third-order valence-electron chi connectivity index (χ3n) is 9.30. The molecule has 2 N–H and O–H groups in total. The van der Waals surface area contributed by atoms with Gasteiger partial charge >= 0.3 is 5.97 Å². The van der Waals surface area contributed by atoms with Crippen LogP contribution in [0.1, 0.15) is 87.3 Å². The number of ether oxygens (including phenoxy) is 3. The van der Waals surface area contributed by atoms with E-state index in [-0.39, 0.29) is 24.9 Å². The molecular formula is C39H51NO7. The van der Waals surface area contributed by atoms with Crippen LogP contribution >= 0.6 is 0 Å². The lowest BCUT2D eigenvalue weighted by atomic mass is 9.80. The van der Waals surface area contributed by atoms with Gasteiger partial charge in [-0.15, -0.1) is 0 Å². The van der Waals surface area contributed by atoms with Crippen LogP contribution in [-0.4, -0.2) is 67.0 Å². The fourth-order valence-electron chi connectivity index (χ4n) is 6.52. The molecule has 0 aromatic heterocycles. The fraction of sp³-hybridized carbons (Fsp3) is 0.487. The number of amides is 1. The van der Waals surface area contributed by atoms with Crippen molar-refractivity contribution < 1.29 is 34.0 Å². The summed E-state index contributed by atoms with van der Waals surface area (Å²) in [5.41, 5.74) is 1.74. The second kappa shape index (κ2) is 18.5. The zero-order valence-electron chi connectivity index (χ0n) is 27.9. The van der Waals surface area contributed by atoms with E-state index in [2.05, 4.69) is 0 Å². The molecular weight excluding hydrogens is 594 g/mol. The van der Waals surface area contributed by atoms with Gasteiger partial charge in [0.2, 0.25) is 5.91 Å². The number of benzene rings is 3. The van der Waals surface area contributed by atoms with Gasteiger partial charge in [-0.1, -0.05) is 93.1 Å². The lowest BCUT2D eigenvalue weighted by molar-refractivity contribution is -0.137. The summed E-state index contributed by atoms with van der Waals surface area (Å²) < 4.78 is 17.8. The van der Waals surface area contributed by atoms with E-state index in [0.717, 1.165) is 86.0 Å². The van der Waals surface area contributed by atoms with Crippen molar-refractivity contribution in [3.05, 3.63) is 95.6 Å². The Bertz CT molecular complexity index is 1310. The van der Waals surface area contributed by atoms with E-state index in [4.69, 9.17) is 19.3 Å². The van der Waals surface area contributed by atoms with E-state index in [1.807, 2.05) is 83.8 Å². The van der Waals surface area contributed by atoms with Crippen LogP contribution in [0.2, 0.25) is 0 Å². The van der Waals surface area contributed by atoms with E-state index >= 15 is 0 Å². The lowest BCUT2D eigenvalue weighted by Crippen LogP contribution is -2.38. The third kappa shape index (κ3) is 10.1. The molecule has 4 rings (SSSR count). The third-order valence-corrected chi connectivity index (χ3v) is 9.30. The van der Waals surface area contributed by atoms with E-state index in [1.54, 1.807) is 14.2 Å². The number of carbonyl (C=O) groups is 2. The van der Waals surface area contributed by atoms with Crippen molar-refractivity contribution in [2.45, 2.75) is 82.3 Å². The molecule has 0 aliphatic carbocycles. The highest BCUT2D eigenvalue weighted by atomic mass is 16.5. The summed E-state index contributed by atoms with van der Waals surface area (Å²) in [6, 6.07) is 25.7. The molecule has 0 bridgehead atoms. The van der Waals surface area contributed by atoms with Gasteiger partial charge in [0.15, 0.2) is 0 Å². The van der Waals surface area contributed by atoms with Gasteiger partial charge in [-0.3, -0.25) is 9.59 Å². The first-order chi connectivity index (χ1) is 22.9. The lowest BCUT2D eigenvalue weighted by Gasteiger charge is -2.37. The summed E-state index contributed by atoms with van der Waals surface area (Å²) >= 11 is 0. The van der Waals surface area contributed by atoms with Crippen molar-refractivity contribution in [2.24, 2.45) is 5.92 Å². The number of nitrogens with zero attached hydrogens (tertiary/aromatic N) is 1. The second-order valence-electron chi connectivity index (χ2n) is 12.5. The number of hydrogen-bond acceptors (Lipinski definition) is 6. The Balaban J connectivity index is 1.36. The first kappa shape index (κ1) is 36.0. The molecule has 3 aromatic carbocycles. The predicted molar refractivity (Wildman–Crippen MR) is 183 cm³/mol. The topological polar surface area (TPSA) is 106 Å². The largest absolute Gasteiger partial charge is 0.497 e. The highest BCUT2D eigenvalue weighted by molar-refractivity contribution is 5.76. The van der Waals surface area contributed by atoms with Gasteiger partial charge in [0.1, 0.15) is 17.1 Å². The number of aliphatic carboxylic acids is 1. The molecule has 0 saturated carbocycles. The first-order valence-electron chi connectivity index (χ1n) is 17.0. The molecule has 0 spiro atoms. The Kier molecular flexibility index (Phi) is 14.1. The normalized spacial score (nSPS) is 15.4. The van der Waals surface area contributed by atoms with Crippen molar-refractivity contribution in [2.75, 3.05) is 33.9 Å². The fourth-order valence-corrected chi connectivity index (χ4v) is 6.52. The number of aliphatic hydroxyl groups is 1. The smallest absolute Gasteiger partial charge is 0.303 e. The molecule has 3 aromatic rings. The second-order valence-corrected chi connectivity index (χ2v) is 12.5. The van der Waals surface area contributed by atoms with E-state index in [0.29, 0.717) is 19.5 Å². The van der Waals surface area contributed by atoms with Crippen LogP contribution in [-0.2, 0) is 19.9 Å². The molecule has 0 radical (unpaired) electrons. The monoisotopic (exact) mass is 645 g/mol. The molecule has 47 heavy (non-hydrogen) atoms. The molecule has 2 atom stereocenters. The van der Waals surface area contributed by atoms with Gasteiger partial charge in [-0.2, -0.15) is 0 Å². The molecule has 1 fully saturated rings. The number of carbonyl (C=O) groups excluding carboxylic acids is 1. The molecule has 1 saturated heterocycles. The molecule has 1 heterocycles. The van der Waals surface area contributed by atoms with Gasteiger partial charge in [0.05, 0.1) is 26.9 Å². The van der Waals surface area contributed by atoms with Gasteiger partial charge in [-0.25, -0.2) is 0 Å². The standard InChI is InChI=1S/C39H51NO7/c1-45-34-22-18-32(19-23-34)39(31-14-10-9-11-15-31,33-20-24-35(46-2)25-21-33)47-29-36(41)30-26-27-40(28-30)37(42)16-12-7-5-3-4-6-8-13-17-38(43)44/h9-11,14-15,18-25,30,36,41H,3-8,12-13,16-17,26-29H2,1-2H3,(H,43,44). The van der Waals surface area contributed by atoms with Crippen LogP contribution < -0.4 is 9.47 Å². The number of hydrogen-bond donors (Lipinski definition) is 2. The highest BCUT2D eigenvalue weighted by Gasteiger charge is 2.40. The Hall–Kier alpha value is -3.88. The summed E-state index contributed by atoms with van der Waals surface area (Å²) in [5.74, 6) is 0.850. The first-order valence-corrected chi connectivity index (χ1v) is 17.0. The number of unbranched alkanes of at least 4 members (excludes halogenated alkanes) is 7. The number of carboxylic acid groups (broad SMARTS) is 1. The molecule has 254 valence electrons. The van der Waals surface area contributed by atoms with E-state index in [1.165, 1.54) is 0 Å². The molecule has 8 nitrogen and oxygen atoms in total. The maximum Gasteiger partial charge on any atom is 0.303 e. The molecule has 1 amide bonds. The predicted octanol–water partition coefficient (Wildman–Crippen LogP) is 7.21. The minimum atomic E-state index is -1.01. The summed E-state index contributed by atoms with van der Waals surface area (Å²) in [6.45, 7) is 1.27. The van der Waals surface area contributed by atoms with Crippen molar-refractivity contribution in [1.29, 1.82) is 0 Å². The average molecular weight is 646 g/mol. The Labute approximate surface area is 279 Å². The van der Waals surface area contributed by atoms with Crippen LogP contribution in [0.5, 0.6) is 11.5 Å². The summed E-state index contributed by atoms with van der Waals surface area (Å²) in [5, 5.41) is 20.2. The summed E-state index contributed by atoms with van der Waals surface area (Å²) in [4.78, 5) is 25.5. The molecule has 1 aliphatic heterocycles. The van der Waals surface area contributed by atoms with Gasteiger partial charge < -0.3 is 29.3 Å². The van der Waals surface area contributed by atoms with Crippen LogP contribution in [0, 0.1) is 5.92 Å². The molecule has 8 heteroatoms. The van der Waals surface area contributed by atoms with Crippen molar-refractivity contribution in [3.8, 4) is 11.5 Å². The van der Waals surface area contributed by atoms with E-state index in [9.17, 15) is 14.7 Å². The minimum absolute atomic E-state index is 0.0692. The number of methoxy groups -OCH3 is 2. The maximum atomic E-state index is 13.0. The quantitative estimate of drug-likeness (QED) is 0.0989. The summed E-state index contributed by atoms with van der Waals surface area (Å²) in [7, 11) is 3.28. The number of rotatable bonds is 20. The Morgan fingerprint density at radius 2 is 1.23 bits per heavy atom. The maximum absolute atomic E-state index is 13.0. The summed E-state index contributed by atoms with van der Waals surface area (Å²) in [6.07, 6.45) is 8.78. The van der Waals surface area contributed by atoms with Crippen LogP contribution in [0.25, 0.3) is 0 Å². The van der Waals surface area contributed by atoms with Gasteiger partial charge in [-0.05, 0) is 60.2 Å². The van der Waals surface area contributed by atoms with Gasteiger partial charge in [0.25, 0.3) is 0 Å². The minimum Gasteiger partial charge on any atom is -0.497 e. The van der Waals surface area contributed by atoms with Crippen LogP contribution in [0.3, 0.4) is 0 Å². The number of carboxylic acids is 1. The SMILES string of the molecule is COc1ccc(C(OCC(O)C2CCN(C(=O)CCCCCCCCCCC(=O)O)C2)(c2ccccc2)c2ccc(OC)cc2)cc1. The van der Waals surface area contributed by atoms with Crippen LogP contribution in [0.15, 0.2) is 78.9 Å². The average Bonchev–Trinajstić information content (AvgIpc) is 3.61. The Morgan fingerprint density at radius 1 is 0.745 bits per heavy atom. The number of aliphatic hydroxyl groups excluding tert-OH is 1. The van der Waals surface area contributed by atoms with Crippen molar-refractivity contribution in [1.82, 2.24) is 4.90 Å². The zero-order chi connectivity index (χ0) is 33.5. The van der Waals surface area contributed by atoms with Crippen molar-refractivity contribution >= 4 is 11.9 Å². The van der Waals surface area contributed by atoms with Gasteiger partial charge in [0, 0.05) is 31.8 Å². The number of likely N-dealkylation sites (tertiary alicyclic amines) is 1. The molecule has 2 unspecified atom stereocenters. The van der Waals surface area contributed by atoms with Crippen LogP contribution in [0.4, 0.5) is 0 Å². The van der Waals surface area contributed by atoms with Crippen molar-refractivity contribution in [3.63, 3.8) is 0 Å². The molecule has 1 aliphatic rings. The Morgan fingerprint density at radius 3 is 1.74 bits per heavy atom. The highest BCUT2D eigenvalue weighted by Crippen LogP contribution is 2.42.